The first-order chi connectivity index (χ1) is 6.43. The summed E-state index contributed by atoms with van der Waals surface area (Å²) in [6, 6.07) is 8.79. The summed E-state index contributed by atoms with van der Waals surface area (Å²) in [6.07, 6.45) is 0. The van der Waals surface area contributed by atoms with Gasteiger partial charge in [0.05, 0.1) is 5.92 Å². The van der Waals surface area contributed by atoms with Gasteiger partial charge in [0.2, 0.25) is 0 Å². The average molecular weight is 252 g/mol. The van der Waals surface area contributed by atoms with E-state index in [2.05, 4.69) is 0 Å². The van der Waals surface area contributed by atoms with Crippen LogP contribution < -0.4 is 0 Å². The van der Waals surface area contributed by atoms with Crippen LogP contribution in [-0.2, 0) is 0 Å². The van der Waals surface area contributed by atoms with Crippen LogP contribution in [0.1, 0.15) is 17.3 Å². The summed E-state index contributed by atoms with van der Waals surface area (Å²) >= 11 is 16.9. The van der Waals surface area contributed by atoms with Crippen LogP contribution in [0.2, 0.25) is 0 Å². The first-order valence-electron chi connectivity index (χ1n) is 4.09. The maximum absolute atomic E-state index is 11.7. The Morgan fingerprint density at radius 2 is 1.71 bits per heavy atom. The highest BCUT2D eigenvalue weighted by molar-refractivity contribution is 6.68. The molecular weight excluding hydrogens is 242 g/mol. The van der Waals surface area contributed by atoms with Crippen molar-refractivity contribution in [1.29, 1.82) is 0 Å². The first kappa shape index (κ1) is 11.8. The molecule has 0 N–H and O–H groups in total. The van der Waals surface area contributed by atoms with Crippen molar-refractivity contribution in [1.82, 2.24) is 0 Å². The molecule has 0 spiro atoms. The molecule has 1 unspecified atom stereocenters. The second-order valence-electron chi connectivity index (χ2n) is 2.99. The predicted octanol–water partition coefficient (Wildman–Crippen LogP) is 3.88. The number of halogens is 3. The van der Waals surface area contributed by atoms with Crippen molar-refractivity contribution in [3.8, 4) is 0 Å². The van der Waals surface area contributed by atoms with Crippen LogP contribution in [0.4, 0.5) is 0 Å². The monoisotopic (exact) mass is 250 g/mol. The van der Waals surface area contributed by atoms with Crippen LogP contribution >= 0.6 is 34.8 Å². The van der Waals surface area contributed by atoms with E-state index in [1.54, 1.807) is 31.2 Å². The molecule has 14 heavy (non-hydrogen) atoms. The normalized spacial score (nSPS) is 13.7. The number of carbonyl (C=O) groups excluding carboxylic acids is 1. The molecule has 0 heterocycles. The molecule has 1 atom stereocenters. The molecule has 0 aliphatic carbocycles. The van der Waals surface area contributed by atoms with Gasteiger partial charge in [0.1, 0.15) is 0 Å². The summed E-state index contributed by atoms with van der Waals surface area (Å²) in [6.45, 7) is 1.60. The lowest BCUT2D eigenvalue weighted by Crippen LogP contribution is -2.25. The molecule has 1 rings (SSSR count). The van der Waals surface area contributed by atoms with Gasteiger partial charge < -0.3 is 0 Å². The zero-order chi connectivity index (χ0) is 10.8. The fourth-order valence-electron chi connectivity index (χ4n) is 1.00. The maximum atomic E-state index is 11.7. The molecular formula is C10H9Cl3O. The van der Waals surface area contributed by atoms with Gasteiger partial charge >= 0.3 is 0 Å². The lowest BCUT2D eigenvalue weighted by Gasteiger charge is -2.18. The Kier molecular flexibility index (Phi) is 3.82. The van der Waals surface area contributed by atoms with Crippen molar-refractivity contribution >= 4 is 40.6 Å². The van der Waals surface area contributed by atoms with E-state index in [1.165, 1.54) is 0 Å². The molecule has 0 bridgehead atoms. The molecule has 1 nitrogen and oxygen atoms in total. The highest BCUT2D eigenvalue weighted by atomic mass is 35.6. The molecule has 0 saturated carbocycles. The molecule has 1 aromatic rings. The molecule has 0 amide bonds. The molecule has 0 aromatic heterocycles. The van der Waals surface area contributed by atoms with Crippen LogP contribution in [0.5, 0.6) is 0 Å². The predicted molar refractivity (Wildman–Crippen MR) is 60.2 cm³/mol. The van der Waals surface area contributed by atoms with Gasteiger partial charge in [-0.3, -0.25) is 4.79 Å². The molecule has 0 aliphatic heterocycles. The summed E-state index contributed by atoms with van der Waals surface area (Å²) < 4.78 is -1.55. The SMILES string of the molecule is CC(C(=O)c1ccccc1)C(Cl)(Cl)Cl. The van der Waals surface area contributed by atoms with E-state index in [9.17, 15) is 4.79 Å². The summed E-state index contributed by atoms with van der Waals surface area (Å²) in [4.78, 5) is 11.7. The number of hydrogen-bond donors (Lipinski definition) is 0. The van der Waals surface area contributed by atoms with Gasteiger partial charge in [-0.05, 0) is 0 Å². The van der Waals surface area contributed by atoms with Crippen molar-refractivity contribution in [3.63, 3.8) is 0 Å². The second-order valence-corrected chi connectivity index (χ2v) is 5.36. The minimum Gasteiger partial charge on any atom is -0.294 e. The van der Waals surface area contributed by atoms with Gasteiger partial charge in [0.25, 0.3) is 0 Å². The van der Waals surface area contributed by atoms with Gasteiger partial charge in [-0.2, -0.15) is 0 Å². The van der Waals surface area contributed by atoms with E-state index in [4.69, 9.17) is 34.8 Å². The summed E-state index contributed by atoms with van der Waals surface area (Å²) in [5.41, 5.74) is 0.561. The standard InChI is InChI=1S/C10H9Cl3O/c1-7(10(11,12)13)9(14)8-5-3-2-4-6-8/h2-7H,1H3. The Morgan fingerprint density at radius 3 is 2.14 bits per heavy atom. The molecule has 76 valence electrons. The van der Waals surface area contributed by atoms with Crippen LogP contribution in [-0.4, -0.2) is 9.58 Å². The van der Waals surface area contributed by atoms with E-state index in [0.29, 0.717) is 5.56 Å². The average Bonchev–Trinajstić information content (AvgIpc) is 2.15. The van der Waals surface area contributed by atoms with E-state index in [0.717, 1.165) is 0 Å². The Bertz CT molecular complexity index is 316. The van der Waals surface area contributed by atoms with E-state index in [-0.39, 0.29) is 5.78 Å². The van der Waals surface area contributed by atoms with Crippen LogP contribution in [0.15, 0.2) is 30.3 Å². The lowest BCUT2D eigenvalue weighted by molar-refractivity contribution is 0.0932. The number of alkyl halides is 3. The second kappa shape index (κ2) is 4.52. The quantitative estimate of drug-likeness (QED) is 0.576. The van der Waals surface area contributed by atoms with Gasteiger partial charge in [-0.25, -0.2) is 0 Å². The summed E-state index contributed by atoms with van der Waals surface area (Å²) in [5, 5.41) is 0. The van der Waals surface area contributed by atoms with E-state index >= 15 is 0 Å². The Morgan fingerprint density at radius 1 is 1.21 bits per heavy atom. The lowest BCUT2D eigenvalue weighted by atomic mass is 10.0. The molecule has 0 aliphatic rings. The zero-order valence-corrected chi connectivity index (χ0v) is 9.77. The van der Waals surface area contributed by atoms with Crippen molar-refractivity contribution in [2.75, 3.05) is 0 Å². The van der Waals surface area contributed by atoms with Crippen LogP contribution in [0, 0.1) is 5.92 Å². The van der Waals surface area contributed by atoms with E-state index in [1.807, 2.05) is 6.07 Å². The molecule has 0 radical (unpaired) electrons. The number of benzene rings is 1. The number of rotatable bonds is 2. The van der Waals surface area contributed by atoms with Crippen molar-refractivity contribution in [2.45, 2.75) is 10.7 Å². The van der Waals surface area contributed by atoms with Gasteiger partial charge in [-0.15, -0.1) is 0 Å². The molecule has 1 aromatic carbocycles. The maximum Gasteiger partial charge on any atom is 0.200 e. The minimum absolute atomic E-state index is 0.161. The van der Waals surface area contributed by atoms with Crippen molar-refractivity contribution < 1.29 is 4.79 Å². The Hall–Kier alpha value is -0.240. The van der Waals surface area contributed by atoms with Crippen LogP contribution in [0.25, 0.3) is 0 Å². The summed E-state index contributed by atoms with van der Waals surface area (Å²) in [5.74, 6) is -0.805. The fourth-order valence-corrected chi connectivity index (χ4v) is 1.30. The first-order valence-corrected chi connectivity index (χ1v) is 5.22. The third-order valence-corrected chi connectivity index (χ3v) is 2.92. The van der Waals surface area contributed by atoms with Crippen LogP contribution in [0.3, 0.4) is 0 Å². The third kappa shape index (κ3) is 2.88. The summed E-state index contributed by atoms with van der Waals surface area (Å²) in [7, 11) is 0. The smallest absolute Gasteiger partial charge is 0.200 e. The minimum atomic E-state index is -1.55. The molecule has 0 saturated heterocycles. The number of Topliss-reactive ketones (excluding diaryl/α,β-unsaturated/α-hetero) is 1. The Balaban J connectivity index is 2.87. The molecule has 4 heteroatoms. The number of hydrogen-bond acceptors (Lipinski definition) is 1. The Labute approximate surface area is 98.0 Å². The highest BCUT2D eigenvalue weighted by Crippen LogP contribution is 2.36. The number of ketones is 1. The van der Waals surface area contributed by atoms with Gasteiger partial charge in [-0.1, -0.05) is 72.1 Å². The highest BCUT2D eigenvalue weighted by Gasteiger charge is 2.34. The van der Waals surface area contributed by atoms with Crippen molar-refractivity contribution in [2.24, 2.45) is 5.92 Å². The number of carbonyl (C=O) groups is 1. The van der Waals surface area contributed by atoms with E-state index < -0.39 is 9.71 Å². The largest absolute Gasteiger partial charge is 0.294 e. The third-order valence-electron chi connectivity index (χ3n) is 1.94. The fraction of sp³-hybridized carbons (Fsp3) is 0.300. The van der Waals surface area contributed by atoms with Gasteiger partial charge in [0, 0.05) is 5.56 Å². The topological polar surface area (TPSA) is 17.1 Å². The van der Waals surface area contributed by atoms with Crippen molar-refractivity contribution in [3.05, 3.63) is 35.9 Å². The van der Waals surface area contributed by atoms with Gasteiger partial charge in [0.15, 0.2) is 9.58 Å². The zero-order valence-electron chi connectivity index (χ0n) is 7.51. The molecule has 0 fully saturated rings.